The van der Waals surface area contributed by atoms with Crippen LogP contribution in [0.15, 0.2) is 30.3 Å². The molecule has 3 heteroatoms. The Balaban J connectivity index is 1.92. The summed E-state index contributed by atoms with van der Waals surface area (Å²) in [7, 11) is 0. The smallest absolute Gasteiger partial charge is 0.331 e. The second-order valence-corrected chi connectivity index (χ2v) is 5.00. The van der Waals surface area contributed by atoms with Crippen LogP contribution in [0.3, 0.4) is 0 Å². The second-order valence-electron chi connectivity index (χ2n) is 5.00. The number of carbonyl (C=O) groups excluding carboxylic acids is 1. The summed E-state index contributed by atoms with van der Waals surface area (Å²) in [6, 6.07) is 7.67. The largest absolute Gasteiger partial charge is 0.493 e. The van der Waals surface area contributed by atoms with E-state index in [2.05, 4.69) is 0 Å². The molecule has 0 heterocycles. The highest BCUT2D eigenvalue weighted by Gasteiger charge is 2.16. The van der Waals surface area contributed by atoms with Crippen LogP contribution < -0.4 is 4.74 Å². The maximum atomic E-state index is 11.8. The summed E-state index contributed by atoms with van der Waals surface area (Å²) in [5.41, 5.74) is 0.898. The van der Waals surface area contributed by atoms with Crippen molar-refractivity contribution in [3.05, 3.63) is 35.9 Å². The monoisotopic (exact) mass is 274 g/mol. The van der Waals surface area contributed by atoms with Gasteiger partial charge >= 0.3 is 5.97 Å². The molecule has 0 amide bonds. The van der Waals surface area contributed by atoms with Gasteiger partial charge in [-0.3, -0.25) is 0 Å². The molecule has 1 aromatic rings. The number of rotatable bonds is 5. The number of hydrogen-bond acceptors (Lipinski definition) is 3. The summed E-state index contributed by atoms with van der Waals surface area (Å²) in [5, 5.41) is 0. The Morgan fingerprint density at radius 1 is 1.25 bits per heavy atom. The van der Waals surface area contributed by atoms with Crippen LogP contribution >= 0.6 is 0 Å². The Labute approximate surface area is 120 Å². The van der Waals surface area contributed by atoms with Gasteiger partial charge in [-0.25, -0.2) is 4.79 Å². The van der Waals surface area contributed by atoms with Gasteiger partial charge < -0.3 is 9.47 Å². The molecule has 0 spiro atoms. The summed E-state index contributed by atoms with van der Waals surface area (Å²) in [5.74, 6) is 0.528. The highest BCUT2D eigenvalue weighted by Crippen LogP contribution is 2.21. The third kappa shape index (κ3) is 4.41. The lowest BCUT2D eigenvalue weighted by atomic mass is 9.98. The molecule has 2 rings (SSSR count). The van der Waals surface area contributed by atoms with Gasteiger partial charge in [0.2, 0.25) is 0 Å². The zero-order valence-corrected chi connectivity index (χ0v) is 12.0. The summed E-state index contributed by atoms with van der Waals surface area (Å²) >= 11 is 0. The van der Waals surface area contributed by atoms with Crippen molar-refractivity contribution in [2.75, 3.05) is 6.61 Å². The molecule has 3 nitrogen and oxygen atoms in total. The zero-order valence-electron chi connectivity index (χ0n) is 12.0. The van der Waals surface area contributed by atoms with E-state index in [-0.39, 0.29) is 12.1 Å². The van der Waals surface area contributed by atoms with Gasteiger partial charge in [0.15, 0.2) is 0 Å². The minimum absolute atomic E-state index is 0.100. The van der Waals surface area contributed by atoms with Crippen LogP contribution in [-0.4, -0.2) is 18.7 Å². The molecule has 0 saturated heterocycles. The van der Waals surface area contributed by atoms with E-state index in [9.17, 15) is 4.79 Å². The van der Waals surface area contributed by atoms with Crippen molar-refractivity contribution in [1.29, 1.82) is 0 Å². The molecule has 0 bridgehead atoms. The Hall–Kier alpha value is -1.77. The van der Waals surface area contributed by atoms with Gasteiger partial charge in [0.05, 0.1) is 6.61 Å². The van der Waals surface area contributed by atoms with Crippen LogP contribution in [0, 0.1) is 0 Å². The van der Waals surface area contributed by atoms with Crippen molar-refractivity contribution in [3.63, 3.8) is 0 Å². The lowest BCUT2D eigenvalue weighted by Crippen LogP contribution is -2.19. The van der Waals surface area contributed by atoms with E-state index in [1.165, 1.54) is 12.5 Å². The van der Waals surface area contributed by atoms with Crippen molar-refractivity contribution in [2.24, 2.45) is 0 Å². The topological polar surface area (TPSA) is 35.5 Å². The van der Waals surface area contributed by atoms with Gasteiger partial charge in [0, 0.05) is 11.6 Å². The average Bonchev–Trinajstić information content (AvgIpc) is 2.48. The zero-order chi connectivity index (χ0) is 14.2. The third-order valence-corrected chi connectivity index (χ3v) is 3.45. The molecule has 108 valence electrons. The normalized spacial score (nSPS) is 16.2. The van der Waals surface area contributed by atoms with E-state index < -0.39 is 0 Å². The van der Waals surface area contributed by atoms with Crippen molar-refractivity contribution >= 4 is 12.0 Å². The molecule has 1 aliphatic rings. The Morgan fingerprint density at radius 2 is 2.00 bits per heavy atom. The number of carbonyl (C=O) groups is 1. The Morgan fingerprint density at radius 3 is 2.75 bits per heavy atom. The van der Waals surface area contributed by atoms with Gasteiger partial charge in [-0.15, -0.1) is 0 Å². The number of benzene rings is 1. The fraction of sp³-hybridized carbons (Fsp3) is 0.471. The number of hydrogen-bond donors (Lipinski definition) is 0. The SMILES string of the molecule is CCOc1ccccc1/C=C/C(=O)OC1CCCCC1. The molecule has 0 aliphatic heterocycles. The van der Waals surface area contributed by atoms with Crippen molar-refractivity contribution in [2.45, 2.75) is 45.1 Å². The van der Waals surface area contributed by atoms with Crippen molar-refractivity contribution in [3.8, 4) is 5.75 Å². The predicted molar refractivity (Wildman–Crippen MR) is 79.6 cm³/mol. The summed E-state index contributed by atoms with van der Waals surface area (Å²) in [6.45, 7) is 2.55. The van der Waals surface area contributed by atoms with E-state index in [1.54, 1.807) is 6.08 Å². The molecule has 20 heavy (non-hydrogen) atoms. The Bertz CT molecular complexity index is 459. The van der Waals surface area contributed by atoms with Gasteiger partial charge in [-0.2, -0.15) is 0 Å². The highest BCUT2D eigenvalue weighted by atomic mass is 16.5. The van der Waals surface area contributed by atoms with Crippen LogP contribution in [0.25, 0.3) is 6.08 Å². The van der Waals surface area contributed by atoms with Gasteiger partial charge in [-0.1, -0.05) is 24.6 Å². The first kappa shape index (κ1) is 14.6. The minimum atomic E-state index is -0.261. The molecule has 0 radical (unpaired) electrons. The summed E-state index contributed by atoms with van der Waals surface area (Å²) < 4.78 is 11.0. The first-order valence-corrected chi connectivity index (χ1v) is 7.40. The summed E-state index contributed by atoms with van der Waals surface area (Å²) in [4.78, 5) is 11.8. The van der Waals surface area contributed by atoms with Crippen LogP contribution in [0.1, 0.15) is 44.6 Å². The van der Waals surface area contributed by atoms with E-state index in [4.69, 9.17) is 9.47 Å². The number of esters is 1. The molecular formula is C17H22O3. The Kier molecular flexibility index (Phi) is 5.66. The van der Waals surface area contributed by atoms with Crippen LogP contribution in [-0.2, 0) is 9.53 Å². The minimum Gasteiger partial charge on any atom is -0.493 e. The van der Waals surface area contributed by atoms with Gasteiger partial charge in [0.1, 0.15) is 11.9 Å². The molecule has 0 unspecified atom stereocenters. The molecular weight excluding hydrogens is 252 g/mol. The van der Waals surface area contributed by atoms with E-state index in [1.807, 2.05) is 31.2 Å². The first-order chi connectivity index (χ1) is 9.79. The fourth-order valence-corrected chi connectivity index (χ4v) is 2.45. The molecule has 1 fully saturated rings. The van der Waals surface area contributed by atoms with Crippen molar-refractivity contribution < 1.29 is 14.3 Å². The van der Waals surface area contributed by atoms with Crippen LogP contribution in [0.2, 0.25) is 0 Å². The molecule has 0 N–H and O–H groups in total. The molecule has 1 aromatic carbocycles. The van der Waals surface area contributed by atoms with E-state index >= 15 is 0 Å². The lowest BCUT2D eigenvalue weighted by Gasteiger charge is -2.20. The van der Waals surface area contributed by atoms with E-state index in [0.29, 0.717) is 6.61 Å². The fourth-order valence-electron chi connectivity index (χ4n) is 2.45. The molecule has 0 aromatic heterocycles. The van der Waals surface area contributed by atoms with E-state index in [0.717, 1.165) is 37.0 Å². The number of para-hydroxylation sites is 1. The van der Waals surface area contributed by atoms with Crippen molar-refractivity contribution in [1.82, 2.24) is 0 Å². The average molecular weight is 274 g/mol. The lowest BCUT2D eigenvalue weighted by molar-refractivity contribution is -0.144. The molecule has 1 aliphatic carbocycles. The molecule has 1 saturated carbocycles. The maximum absolute atomic E-state index is 11.8. The second kappa shape index (κ2) is 7.73. The van der Waals surface area contributed by atoms with Gasteiger partial charge in [-0.05, 0) is 44.7 Å². The quantitative estimate of drug-likeness (QED) is 0.602. The van der Waals surface area contributed by atoms with Crippen LogP contribution in [0.5, 0.6) is 5.75 Å². The third-order valence-electron chi connectivity index (χ3n) is 3.45. The van der Waals surface area contributed by atoms with Crippen LogP contribution in [0.4, 0.5) is 0 Å². The number of ether oxygens (including phenoxy) is 2. The first-order valence-electron chi connectivity index (χ1n) is 7.40. The predicted octanol–water partition coefficient (Wildman–Crippen LogP) is 3.97. The standard InChI is InChI=1S/C17H22O3/c1-2-19-16-11-7-6-8-14(16)12-13-17(18)20-15-9-4-3-5-10-15/h6-8,11-13,15H,2-5,9-10H2,1H3/b13-12+. The summed E-state index contributed by atoms with van der Waals surface area (Å²) in [6.07, 6.45) is 8.92. The van der Waals surface area contributed by atoms with Gasteiger partial charge in [0.25, 0.3) is 0 Å². The highest BCUT2D eigenvalue weighted by molar-refractivity contribution is 5.87. The molecule has 0 atom stereocenters. The maximum Gasteiger partial charge on any atom is 0.331 e.